The number of carbonyl (C=O) groups is 1. The molecule has 0 amide bonds. The van der Waals surface area contributed by atoms with Gasteiger partial charge in [-0.2, -0.15) is 5.10 Å². The van der Waals surface area contributed by atoms with Crippen LogP contribution in [0.25, 0.3) is 0 Å². The third kappa shape index (κ3) is 2.82. The van der Waals surface area contributed by atoms with Crippen molar-refractivity contribution in [1.82, 2.24) is 5.01 Å². The minimum atomic E-state index is -0.716. The Morgan fingerprint density at radius 2 is 1.86 bits per heavy atom. The molecule has 1 saturated carbocycles. The lowest BCUT2D eigenvalue weighted by atomic mass is 9.71. The second-order valence-corrected chi connectivity index (χ2v) is 9.37. The molecule has 2 unspecified atom stereocenters. The maximum Gasteiger partial charge on any atom is 0.205 e. The van der Waals surface area contributed by atoms with Gasteiger partial charge >= 0.3 is 0 Å². The third-order valence-electron chi connectivity index (χ3n) is 5.99. The van der Waals surface area contributed by atoms with Crippen molar-refractivity contribution in [3.8, 4) is 5.75 Å². The molecule has 144 valence electrons. The first-order valence-corrected chi connectivity index (χ1v) is 10.2. The molecule has 5 heteroatoms. The highest BCUT2D eigenvalue weighted by Gasteiger charge is 2.56. The van der Waals surface area contributed by atoms with Gasteiger partial charge in [-0.05, 0) is 29.2 Å². The Kier molecular flexibility index (Phi) is 3.86. The van der Waals surface area contributed by atoms with Gasteiger partial charge in [-0.15, -0.1) is 0 Å². The maximum absolute atomic E-state index is 12.7. The fourth-order valence-corrected chi connectivity index (χ4v) is 5.18. The van der Waals surface area contributed by atoms with E-state index in [1.54, 1.807) is 0 Å². The molecule has 3 aliphatic rings. The minimum absolute atomic E-state index is 0.0809. The van der Waals surface area contributed by atoms with Crippen molar-refractivity contribution in [2.24, 2.45) is 10.5 Å². The molecule has 0 radical (unpaired) electrons. The summed E-state index contributed by atoms with van der Waals surface area (Å²) in [4.78, 5) is 12.7. The molecule has 2 aromatic rings. The fourth-order valence-electron chi connectivity index (χ4n) is 5.06. The van der Waals surface area contributed by atoms with E-state index in [4.69, 9.17) is 21.4 Å². The van der Waals surface area contributed by atoms with Crippen molar-refractivity contribution in [3.63, 3.8) is 0 Å². The lowest BCUT2D eigenvalue weighted by Gasteiger charge is -2.52. The summed E-state index contributed by atoms with van der Waals surface area (Å²) >= 11 is 6.06. The molecule has 2 aromatic carbocycles. The monoisotopic (exact) mass is 394 g/mol. The number of para-hydroxylation sites is 1. The molecule has 28 heavy (non-hydrogen) atoms. The Morgan fingerprint density at radius 1 is 1.11 bits per heavy atom. The van der Waals surface area contributed by atoms with Gasteiger partial charge in [-0.3, -0.25) is 4.79 Å². The summed E-state index contributed by atoms with van der Waals surface area (Å²) in [5.74, 6) is 1.12. The Balaban J connectivity index is 1.62. The highest BCUT2D eigenvalue weighted by Crippen LogP contribution is 2.53. The van der Waals surface area contributed by atoms with Crippen molar-refractivity contribution in [2.75, 3.05) is 0 Å². The first-order chi connectivity index (χ1) is 13.4. The van der Waals surface area contributed by atoms with Crippen LogP contribution in [-0.2, 0) is 4.79 Å². The van der Waals surface area contributed by atoms with E-state index in [0.717, 1.165) is 35.4 Å². The van der Waals surface area contributed by atoms with Crippen LogP contribution in [0.4, 0.5) is 0 Å². The fraction of sp³-hybridized carbons (Fsp3) is 0.391. The maximum atomic E-state index is 12.7. The smallest absolute Gasteiger partial charge is 0.205 e. The van der Waals surface area contributed by atoms with Gasteiger partial charge < -0.3 is 4.74 Å². The number of hydrogen-bond acceptors (Lipinski definition) is 4. The van der Waals surface area contributed by atoms with E-state index in [1.165, 1.54) is 0 Å². The number of hydrogen-bond donors (Lipinski definition) is 0. The number of benzene rings is 2. The number of carbonyl (C=O) groups excluding carboxylic acids is 1. The first-order valence-electron chi connectivity index (χ1n) is 9.78. The van der Waals surface area contributed by atoms with Crippen molar-refractivity contribution in [1.29, 1.82) is 0 Å². The Bertz CT molecular complexity index is 982. The van der Waals surface area contributed by atoms with Gasteiger partial charge in [-0.25, -0.2) is 5.01 Å². The summed E-state index contributed by atoms with van der Waals surface area (Å²) in [6, 6.07) is 16.0. The number of ketones is 1. The number of halogens is 1. The van der Waals surface area contributed by atoms with Gasteiger partial charge in [0.1, 0.15) is 11.5 Å². The van der Waals surface area contributed by atoms with E-state index in [9.17, 15) is 4.79 Å². The van der Waals surface area contributed by atoms with Crippen LogP contribution in [0.2, 0.25) is 5.02 Å². The first kappa shape index (κ1) is 17.7. The van der Waals surface area contributed by atoms with Gasteiger partial charge in [0.25, 0.3) is 0 Å². The summed E-state index contributed by atoms with van der Waals surface area (Å²) in [5.41, 5.74) is 2.37. The Morgan fingerprint density at radius 3 is 2.61 bits per heavy atom. The van der Waals surface area contributed by atoms with E-state index < -0.39 is 5.72 Å². The van der Waals surface area contributed by atoms with Crippen molar-refractivity contribution in [2.45, 2.75) is 51.3 Å². The molecule has 2 heterocycles. The molecule has 0 saturated heterocycles. The average Bonchev–Trinajstić information content (AvgIpc) is 3.07. The summed E-state index contributed by atoms with van der Waals surface area (Å²) < 4.78 is 6.56. The van der Waals surface area contributed by atoms with Crippen molar-refractivity contribution in [3.05, 3.63) is 64.7 Å². The molecular formula is C23H23ClN2O2. The lowest BCUT2D eigenvalue weighted by Crippen LogP contribution is -2.59. The molecule has 0 bridgehead atoms. The van der Waals surface area contributed by atoms with Crippen molar-refractivity contribution >= 4 is 23.1 Å². The number of ether oxygens (including phenoxy) is 1. The second-order valence-electron chi connectivity index (χ2n) is 8.94. The van der Waals surface area contributed by atoms with Gasteiger partial charge in [0.2, 0.25) is 5.72 Å². The largest absolute Gasteiger partial charge is 0.466 e. The number of hydrazone groups is 1. The standard InChI is InChI=1S/C23H23ClN2O2/c1-22(2)12-17(27)13-23(14-22)26-20(18-5-3-4-6-21(18)28-23)11-19(25-26)15-7-9-16(24)10-8-15/h3-10,20H,11-14H2,1-2H3. The SMILES string of the molecule is CC1(C)CC(=O)CC2(C1)Oc1ccccc1C1CC(c3ccc(Cl)cc3)=NN12. The van der Waals surface area contributed by atoms with Crippen LogP contribution in [0.5, 0.6) is 5.75 Å². The highest BCUT2D eigenvalue weighted by atomic mass is 35.5. The van der Waals surface area contributed by atoms with Crippen LogP contribution >= 0.6 is 11.6 Å². The summed E-state index contributed by atoms with van der Waals surface area (Å²) in [7, 11) is 0. The summed E-state index contributed by atoms with van der Waals surface area (Å²) in [6.07, 6.45) is 2.52. The second kappa shape index (κ2) is 6.08. The van der Waals surface area contributed by atoms with Crippen LogP contribution in [0, 0.1) is 5.41 Å². The van der Waals surface area contributed by atoms with E-state index in [0.29, 0.717) is 17.9 Å². The Hall–Kier alpha value is -2.33. The predicted octanol–water partition coefficient (Wildman–Crippen LogP) is 5.36. The number of rotatable bonds is 1. The van der Waals surface area contributed by atoms with Crippen LogP contribution in [0.15, 0.2) is 53.6 Å². The topological polar surface area (TPSA) is 41.9 Å². The normalized spacial score (nSPS) is 27.8. The van der Waals surface area contributed by atoms with E-state index in [-0.39, 0.29) is 17.2 Å². The Labute approximate surface area is 170 Å². The van der Waals surface area contributed by atoms with E-state index >= 15 is 0 Å². The molecule has 0 N–H and O–H groups in total. The van der Waals surface area contributed by atoms with Crippen LogP contribution in [0.1, 0.15) is 56.7 Å². The van der Waals surface area contributed by atoms with Gasteiger partial charge in [0.15, 0.2) is 0 Å². The zero-order valence-corrected chi connectivity index (χ0v) is 16.9. The molecule has 2 aliphatic heterocycles. The zero-order chi connectivity index (χ0) is 19.5. The molecule has 1 spiro atoms. The van der Waals surface area contributed by atoms with Crippen LogP contribution in [0.3, 0.4) is 0 Å². The van der Waals surface area contributed by atoms with Gasteiger partial charge in [0, 0.05) is 29.8 Å². The van der Waals surface area contributed by atoms with Crippen LogP contribution < -0.4 is 4.74 Å². The quantitative estimate of drug-likeness (QED) is 0.653. The number of fused-ring (bicyclic) bond motifs is 4. The zero-order valence-electron chi connectivity index (χ0n) is 16.1. The van der Waals surface area contributed by atoms with E-state index in [2.05, 4.69) is 24.9 Å². The predicted molar refractivity (Wildman–Crippen MR) is 110 cm³/mol. The van der Waals surface area contributed by atoms with Gasteiger partial charge in [-0.1, -0.05) is 55.8 Å². The van der Waals surface area contributed by atoms with Crippen LogP contribution in [-0.4, -0.2) is 22.2 Å². The summed E-state index contributed by atoms with van der Waals surface area (Å²) in [6.45, 7) is 4.29. The molecular weight excluding hydrogens is 372 g/mol. The van der Waals surface area contributed by atoms with Gasteiger partial charge in [0.05, 0.1) is 18.2 Å². The van der Waals surface area contributed by atoms with Crippen molar-refractivity contribution < 1.29 is 9.53 Å². The number of nitrogens with zero attached hydrogens (tertiary/aromatic N) is 2. The molecule has 5 rings (SSSR count). The number of Topliss-reactive ketones (excluding diaryl/α,β-unsaturated/α-hetero) is 1. The van der Waals surface area contributed by atoms with E-state index in [1.807, 2.05) is 42.5 Å². The average molecular weight is 395 g/mol. The molecule has 1 aliphatic carbocycles. The molecule has 1 fully saturated rings. The molecule has 4 nitrogen and oxygen atoms in total. The lowest BCUT2D eigenvalue weighted by molar-refractivity contribution is -0.171. The molecule has 0 aromatic heterocycles. The third-order valence-corrected chi connectivity index (χ3v) is 6.24. The molecule has 2 atom stereocenters. The minimum Gasteiger partial charge on any atom is -0.466 e. The highest BCUT2D eigenvalue weighted by molar-refractivity contribution is 6.30. The summed E-state index contributed by atoms with van der Waals surface area (Å²) in [5, 5.41) is 7.81.